The SMILES string of the molecule is CCCC(C)C(=O)Nc1nc2ccc(OCC)cc2s1. The molecule has 1 heterocycles. The molecule has 1 amide bonds. The number of hydrogen-bond acceptors (Lipinski definition) is 4. The minimum Gasteiger partial charge on any atom is -0.494 e. The van der Waals surface area contributed by atoms with Gasteiger partial charge in [-0.2, -0.15) is 0 Å². The molecule has 0 spiro atoms. The van der Waals surface area contributed by atoms with Gasteiger partial charge in [0, 0.05) is 5.92 Å². The summed E-state index contributed by atoms with van der Waals surface area (Å²) in [4.78, 5) is 16.4. The third kappa shape index (κ3) is 3.48. The van der Waals surface area contributed by atoms with E-state index in [0.717, 1.165) is 28.8 Å². The highest BCUT2D eigenvalue weighted by Gasteiger charge is 2.14. The molecule has 2 aromatic rings. The van der Waals surface area contributed by atoms with Gasteiger partial charge in [-0.3, -0.25) is 4.79 Å². The van der Waals surface area contributed by atoms with Crippen LogP contribution >= 0.6 is 11.3 Å². The number of amides is 1. The molecule has 1 unspecified atom stereocenters. The molecule has 1 atom stereocenters. The van der Waals surface area contributed by atoms with Gasteiger partial charge < -0.3 is 10.1 Å². The summed E-state index contributed by atoms with van der Waals surface area (Å²) in [6.07, 6.45) is 1.90. The summed E-state index contributed by atoms with van der Waals surface area (Å²) in [5.41, 5.74) is 0.886. The molecule has 5 heteroatoms. The summed E-state index contributed by atoms with van der Waals surface area (Å²) in [5, 5.41) is 3.55. The van der Waals surface area contributed by atoms with E-state index in [0.29, 0.717) is 11.7 Å². The number of ether oxygens (including phenoxy) is 1. The molecule has 0 bridgehead atoms. The van der Waals surface area contributed by atoms with Gasteiger partial charge in [-0.05, 0) is 31.5 Å². The quantitative estimate of drug-likeness (QED) is 0.873. The van der Waals surface area contributed by atoms with Crippen molar-refractivity contribution in [2.45, 2.75) is 33.6 Å². The van der Waals surface area contributed by atoms with Gasteiger partial charge in [-0.25, -0.2) is 4.98 Å². The van der Waals surface area contributed by atoms with Crippen molar-refractivity contribution in [3.05, 3.63) is 18.2 Å². The topological polar surface area (TPSA) is 51.2 Å². The summed E-state index contributed by atoms with van der Waals surface area (Å²) in [7, 11) is 0. The first-order chi connectivity index (χ1) is 9.63. The van der Waals surface area contributed by atoms with E-state index in [1.807, 2.05) is 32.0 Å². The third-order valence-corrected chi connectivity index (χ3v) is 4.00. The van der Waals surface area contributed by atoms with Crippen LogP contribution in [0.1, 0.15) is 33.6 Å². The third-order valence-electron chi connectivity index (χ3n) is 3.07. The largest absolute Gasteiger partial charge is 0.494 e. The van der Waals surface area contributed by atoms with Gasteiger partial charge in [0.25, 0.3) is 0 Å². The predicted octanol–water partition coefficient (Wildman–Crippen LogP) is 4.07. The van der Waals surface area contributed by atoms with Crippen molar-refractivity contribution in [1.29, 1.82) is 0 Å². The average molecular weight is 292 g/mol. The Hall–Kier alpha value is -1.62. The van der Waals surface area contributed by atoms with Gasteiger partial charge in [0.15, 0.2) is 5.13 Å². The van der Waals surface area contributed by atoms with Gasteiger partial charge in [0.1, 0.15) is 5.75 Å². The van der Waals surface area contributed by atoms with Crippen molar-refractivity contribution < 1.29 is 9.53 Å². The summed E-state index contributed by atoms with van der Waals surface area (Å²) >= 11 is 1.48. The Kier molecular flexibility index (Phi) is 4.95. The number of thiazole rings is 1. The number of nitrogens with zero attached hydrogens (tertiary/aromatic N) is 1. The maximum atomic E-state index is 12.0. The summed E-state index contributed by atoms with van der Waals surface area (Å²) < 4.78 is 6.49. The number of anilines is 1. The van der Waals surface area contributed by atoms with Crippen LogP contribution in [-0.4, -0.2) is 17.5 Å². The van der Waals surface area contributed by atoms with Crippen LogP contribution in [-0.2, 0) is 4.79 Å². The molecule has 0 fully saturated rings. The maximum absolute atomic E-state index is 12.0. The van der Waals surface area contributed by atoms with E-state index in [1.54, 1.807) is 0 Å². The number of fused-ring (bicyclic) bond motifs is 1. The summed E-state index contributed by atoms with van der Waals surface area (Å²) in [5.74, 6) is 0.891. The van der Waals surface area contributed by atoms with Crippen molar-refractivity contribution in [3.63, 3.8) is 0 Å². The van der Waals surface area contributed by atoms with Gasteiger partial charge >= 0.3 is 0 Å². The fraction of sp³-hybridized carbons (Fsp3) is 0.467. The second-order valence-electron chi connectivity index (χ2n) is 4.76. The normalized spacial score (nSPS) is 12.3. The fourth-order valence-corrected chi connectivity index (χ4v) is 2.90. The number of hydrogen-bond donors (Lipinski definition) is 1. The van der Waals surface area contributed by atoms with E-state index in [2.05, 4.69) is 17.2 Å². The lowest BCUT2D eigenvalue weighted by atomic mass is 10.1. The Morgan fingerprint density at radius 2 is 2.25 bits per heavy atom. The molecule has 108 valence electrons. The average Bonchev–Trinajstić information content (AvgIpc) is 2.80. The van der Waals surface area contributed by atoms with Crippen LogP contribution in [0.4, 0.5) is 5.13 Å². The highest BCUT2D eigenvalue weighted by Crippen LogP contribution is 2.29. The molecular weight excluding hydrogens is 272 g/mol. The monoisotopic (exact) mass is 292 g/mol. The van der Waals surface area contributed by atoms with E-state index in [-0.39, 0.29) is 11.8 Å². The molecule has 4 nitrogen and oxygen atoms in total. The zero-order valence-electron chi connectivity index (χ0n) is 12.1. The second-order valence-corrected chi connectivity index (χ2v) is 5.79. The second kappa shape index (κ2) is 6.70. The minimum absolute atomic E-state index is 0.0194. The van der Waals surface area contributed by atoms with Crippen LogP contribution in [0.15, 0.2) is 18.2 Å². The lowest BCUT2D eigenvalue weighted by molar-refractivity contribution is -0.119. The van der Waals surface area contributed by atoms with Gasteiger partial charge in [0.05, 0.1) is 16.8 Å². The van der Waals surface area contributed by atoms with Crippen molar-refractivity contribution in [2.75, 3.05) is 11.9 Å². The van der Waals surface area contributed by atoms with Crippen molar-refractivity contribution in [1.82, 2.24) is 4.98 Å². The number of benzene rings is 1. The molecule has 0 saturated carbocycles. The first-order valence-electron chi connectivity index (χ1n) is 6.98. The summed E-state index contributed by atoms with van der Waals surface area (Å²) in [6.45, 7) is 6.62. The Morgan fingerprint density at radius 1 is 1.45 bits per heavy atom. The zero-order chi connectivity index (χ0) is 14.5. The highest BCUT2D eigenvalue weighted by molar-refractivity contribution is 7.22. The first kappa shape index (κ1) is 14.8. The Bertz CT molecular complexity index is 595. The molecule has 1 aromatic heterocycles. The molecule has 0 aliphatic rings. The Balaban J connectivity index is 2.13. The van der Waals surface area contributed by atoms with Crippen molar-refractivity contribution in [2.24, 2.45) is 5.92 Å². The first-order valence-corrected chi connectivity index (χ1v) is 7.80. The van der Waals surface area contributed by atoms with Crippen LogP contribution in [0.2, 0.25) is 0 Å². The number of carbonyl (C=O) groups excluding carboxylic acids is 1. The Morgan fingerprint density at radius 3 is 2.95 bits per heavy atom. The van der Waals surface area contributed by atoms with E-state index in [1.165, 1.54) is 11.3 Å². The Labute approximate surface area is 123 Å². The van der Waals surface area contributed by atoms with Crippen LogP contribution < -0.4 is 10.1 Å². The van der Waals surface area contributed by atoms with Crippen LogP contribution in [0.5, 0.6) is 5.75 Å². The number of nitrogens with one attached hydrogen (secondary N) is 1. The van der Waals surface area contributed by atoms with E-state index < -0.39 is 0 Å². The number of aromatic nitrogens is 1. The molecule has 1 N–H and O–H groups in total. The maximum Gasteiger partial charge on any atom is 0.228 e. The minimum atomic E-state index is 0.0194. The predicted molar refractivity (Wildman–Crippen MR) is 83.5 cm³/mol. The van der Waals surface area contributed by atoms with Crippen LogP contribution in [0.25, 0.3) is 10.2 Å². The number of carbonyl (C=O) groups is 1. The molecule has 0 aliphatic carbocycles. The highest BCUT2D eigenvalue weighted by atomic mass is 32.1. The molecule has 20 heavy (non-hydrogen) atoms. The van der Waals surface area contributed by atoms with E-state index in [4.69, 9.17) is 4.74 Å². The van der Waals surface area contributed by atoms with Crippen LogP contribution in [0, 0.1) is 5.92 Å². The smallest absolute Gasteiger partial charge is 0.228 e. The van der Waals surface area contributed by atoms with E-state index >= 15 is 0 Å². The lowest BCUT2D eigenvalue weighted by Gasteiger charge is -2.08. The lowest BCUT2D eigenvalue weighted by Crippen LogP contribution is -2.19. The molecular formula is C15H20N2O2S. The molecule has 0 saturated heterocycles. The summed E-state index contributed by atoms with van der Waals surface area (Å²) in [6, 6.07) is 5.78. The van der Waals surface area contributed by atoms with Crippen molar-refractivity contribution in [3.8, 4) is 5.75 Å². The number of rotatable bonds is 6. The van der Waals surface area contributed by atoms with Gasteiger partial charge in [-0.1, -0.05) is 31.6 Å². The molecule has 2 rings (SSSR count). The van der Waals surface area contributed by atoms with Crippen LogP contribution in [0.3, 0.4) is 0 Å². The van der Waals surface area contributed by atoms with E-state index in [9.17, 15) is 4.79 Å². The standard InChI is InChI=1S/C15H20N2O2S/c1-4-6-10(3)14(18)17-15-16-12-8-7-11(19-5-2)9-13(12)20-15/h7-10H,4-6H2,1-3H3,(H,16,17,18). The van der Waals surface area contributed by atoms with Crippen molar-refractivity contribution >= 4 is 32.6 Å². The molecule has 0 aliphatic heterocycles. The van der Waals surface area contributed by atoms with Gasteiger partial charge in [-0.15, -0.1) is 0 Å². The van der Waals surface area contributed by atoms with Gasteiger partial charge in [0.2, 0.25) is 5.91 Å². The molecule has 0 radical (unpaired) electrons. The fourth-order valence-electron chi connectivity index (χ4n) is 2.01. The molecule has 1 aromatic carbocycles. The zero-order valence-corrected chi connectivity index (χ0v) is 12.9.